The first-order valence-electron chi connectivity index (χ1n) is 9.23. The molecule has 0 aliphatic carbocycles. The lowest BCUT2D eigenvalue weighted by molar-refractivity contribution is -0.858. The molecule has 9 nitrogen and oxygen atoms in total. The molecule has 0 aromatic heterocycles. The average molecular weight is 423 g/mol. The third-order valence-corrected chi connectivity index (χ3v) is 4.33. The lowest BCUT2D eigenvalue weighted by Gasteiger charge is -2.20. The van der Waals surface area contributed by atoms with Crippen molar-refractivity contribution in [3.05, 3.63) is 55.2 Å². The molecule has 0 spiro atoms. The fraction of sp³-hybridized carbons (Fsp3) is 0.647. The number of rotatable bonds is 10. The first-order chi connectivity index (χ1) is 13.3. The minimum absolute atomic E-state index is 0.0750. The van der Waals surface area contributed by atoms with Crippen LogP contribution in [0.1, 0.15) is 25.7 Å². The minimum Gasteiger partial charge on any atom is -0.340 e. The van der Waals surface area contributed by atoms with Crippen LogP contribution >= 0.6 is 0 Å². The first kappa shape index (κ1) is 24.6. The molecular formula is C17H28F3N5O4+2. The van der Waals surface area contributed by atoms with Crippen LogP contribution in [0.2, 0.25) is 0 Å². The molecular weight excluding hydrogens is 395 g/mol. The number of halogens is 3. The van der Waals surface area contributed by atoms with E-state index >= 15 is 0 Å². The summed E-state index contributed by atoms with van der Waals surface area (Å²) in [4.78, 5) is 23.4. The fourth-order valence-corrected chi connectivity index (χ4v) is 2.98. The van der Waals surface area contributed by atoms with Crippen molar-refractivity contribution in [3.63, 3.8) is 0 Å². The summed E-state index contributed by atoms with van der Waals surface area (Å²) < 4.78 is 40.5. The average Bonchev–Trinajstić information content (AvgIpc) is 2.71. The van der Waals surface area contributed by atoms with Gasteiger partial charge in [0.25, 0.3) is 0 Å². The van der Waals surface area contributed by atoms with Crippen molar-refractivity contribution in [2.24, 2.45) is 0 Å². The zero-order valence-electron chi connectivity index (χ0n) is 17.0. The van der Waals surface area contributed by atoms with E-state index in [1.54, 1.807) is 0 Å². The largest absolute Gasteiger partial charge is 0.488 e. The Labute approximate surface area is 167 Å². The number of alkyl halides is 3. The number of allylic oxidation sites excluding steroid dienone is 2. The van der Waals surface area contributed by atoms with Gasteiger partial charge in [0.05, 0.1) is 62.3 Å². The molecule has 1 heterocycles. The summed E-state index contributed by atoms with van der Waals surface area (Å²) in [5.74, 6) is 0. The van der Waals surface area contributed by atoms with Crippen LogP contribution in [0.25, 0.3) is 0 Å². The van der Waals surface area contributed by atoms with E-state index in [1.165, 1.54) is 0 Å². The lowest BCUT2D eigenvalue weighted by atomic mass is 10.0. The van der Waals surface area contributed by atoms with Crippen LogP contribution in [0.15, 0.2) is 34.9 Å². The highest BCUT2D eigenvalue weighted by Crippen LogP contribution is 2.35. The van der Waals surface area contributed by atoms with E-state index in [4.69, 9.17) is 0 Å². The molecule has 0 saturated carbocycles. The Morgan fingerprint density at radius 2 is 1.21 bits per heavy atom. The number of nitro groups is 2. The first-order valence-corrected chi connectivity index (χ1v) is 9.23. The predicted molar refractivity (Wildman–Crippen MR) is 98.9 cm³/mol. The maximum absolute atomic E-state index is 13.5. The topological polar surface area (TPSA) is 98.4 Å². The predicted octanol–water partition coefficient (Wildman–Crippen LogP) is 0.204. The fourth-order valence-electron chi connectivity index (χ4n) is 2.98. The molecule has 0 radical (unpaired) electrons. The van der Waals surface area contributed by atoms with Crippen molar-refractivity contribution < 1.29 is 32.8 Å². The van der Waals surface area contributed by atoms with Crippen molar-refractivity contribution in [1.82, 2.24) is 4.90 Å². The van der Waals surface area contributed by atoms with Gasteiger partial charge in [0.15, 0.2) is 0 Å². The van der Waals surface area contributed by atoms with Crippen LogP contribution in [0.5, 0.6) is 0 Å². The van der Waals surface area contributed by atoms with E-state index in [-0.39, 0.29) is 28.9 Å². The molecule has 0 aromatic carbocycles. The summed E-state index contributed by atoms with van der Waals surface area (Å²) in [6, 6.07) is 0. The van der Waals surface area contributed by atoms with Gasteiger partial charge in [-0.1, -0.05) is 0 Å². The second kappa shape index (κ2) is 10.3. The van der Waals surface area contributed by atoms with Crippen molar-refractivity contribution in [2.75, 3.05) is 41.3 Å². The highest BCUT2D eigenvalue weighted by Gasteiger charge is 2.42. The molecule has 0 unspecified atom stereocenters. The van der Waals surface area contributed by atoms with E-state index in [9.17, 15) is 33.4 Å². The van der Waals surface area contributed by atoms with Crippen molar-refractivity contribution in [3.8, 4) is 0 Å². The van der Waals surface area contributed by atoms with Crippen LogP contribution in [-0.2, 0) is 0 Å². The number of quaternary nitrogens is 2. The molecule has 1 rings (SSSR count). The highest BCUT2D eigenvalue weighted by molar-refractivity contribution is 5.40. The third-order valence-electron chi connectivity index (χ3n) is 4.33. The number of hydrogen-bond donors (Lipinski definition) is 2. The molecule has 0 saturated heterocycles. The van der Waals surface area contributed by atoms with Gasteiger partial charge in [-0.2, -0.15) is 0 Å². The maximum atomic E-state index is 13.5. The number of hydrogen-bond acceptors (Lipinski definition) is 5. The van der Waals surface area contributed by atoms with E-state index in [1.807, 2.05) is 28.2 Å². The highest BCUT2D eigenvalue weighted by atomic mass is 19.4. The molecule has 2 N–H and O–H groups in total. The number of nitrogens with zero attached hydrogens (tertiary/aromatic N) is 3. The summed E-state index contributed by atoms with van der Waals surface area (Å²) >= 11 is 0. The quantitative estimate of drug-likeness (QED) is 0.297. The Bertz CT molecular complexity index is 662. The van der Waals surface area contributed by atoms with Crippen LogP contribution in [0.3, 0.4) is 0 Å². The Balaban J connectivity index is 3.50. The molecule has 0 aromatic rings. The second-order valence-electron chi connectivity index (χ2n) is 7.52. The standard InChI is InChI=1S/C17H26F3N5O4/c1-21(2)9-5-7-13-11-23(17(18,19)20)12-14(8-6-10-22(3)4)16(25(28)29)15(13)24(26)27/h11-12H,5-10H2,1-4H3/p+2. The molecule has 164 valence electrons. The van der Waals surface area contributed by atoms with Crippen molar-refractivity contribution in [1.29, 1.82) is 0 Å². The molecule has 12 heteroatoms. The summed E-state index contributed by atoms with van der Waals surface area (Å²) in [7, 11) is 7.34. The van der Waals surface area contributed by atoms with Crippen molar-refractivity contribution >= 4 is 0 Å². The molecule has 0 fully saturated rings. The van der Waals surface area contributed by atoms with Gasteiger partial charge in [-0.15, -0.1) is 13.2 Å². The van der Waals surface area contributed by atoms with Crippen LogP contribution < -0.4 is 9.80 Å². The maximum Gasteiger partial charge on any atom is 0.488 e. The van der Waals surface area contributed by atoms with Gasteiger partial charge in [0.2, 0.25) is 0 Å². The van der Waals surface area contributed by atoms with Gasteiger partial charge >= 0.3 is 17.7 Å². The van der Waals surface area contributed by atoms with E-state index in [0.29, 0.717) is 38.3 Å². The summed E-state index contributed by atoms with van der Waals surface area (Å²) in [5.41, 5.74) is -2.33. The van der Waals surface area contributed by atoms with E-state index in [2.05, 4.69) is 0 Å². The van der Waals surface area contributed by atoms with Crippen molar-refractivity contribution in [2.45, 2.75) is 32.0 Å². The second-order valence-corrected chi connectivity index (χ2v) is 7.52. The zero-order chi connectivity index (χ0) is 22.4. The van der Waals surface area contributed by atoms with Gasteiger partial charge in [-0.3, -0.25) is 25.1 Å². The van der Waals surface area contributed by atoms with Crippen LogP contribution in [0.4, 0.5) is 13.2 Å². The molecule has 1 aliphatic heterocycles. The summed E-state index contributed by atoms with van der Waals surface area (Å²) in [6.45, 7) is 1.10. The Kier molecular flexibility index (Phi) is 8.77. The molecule has 1 aliphatic rings. The summed E-state index contributed by atoms with van der Waals surface area (Å²) in [5, 5.41) is 23.4. The Morgan fingerprint density at radius 3 is 1.45 bits per heavy atom. The zero-order valence-corrected chi connectivity index (χ0v) is 17.0. The van der Waals surface area contributed by atoms with Crippen LogP contribution in [-0.4, -0.2) is 62.3 Å². The SMILES string of the molecule is C[NH+](C)CCCC1=CN(C(F)(F)F)C=C(CCC[NH+](C)C)C([N+](=O)[O-])=C1[N+](=O)[O-]. The third kappa shape index (κ3) is 7.46. The minimum atomic E-state index is -4.86. The van der Waals surface area contributed by atoms with Crippen LogP contribution in [0, 0.1) is 20.2 Å². The van der Waals surface area contributed by atoms with Gasteiger partial charge in [-0.25, -0.2) is 0 Å². The summed E-state index contributed by atoms with van der Waals surface area (Å²) in [6.07, 6.45) is -3.09. The molecule has 29 heavy (non-hydrogen) atoms. The normalized spacial score (nSPS) is 15.6. The molecule has 0 atom stereocenters. The van der Waals surface area contributed by atoms with E-state index < -0.39 is 27.5 Å². The monoisotopic (exact) mass is 423 g/mol. The van der Waals surface area contributed by atoms with Gasteiger partial charge in [0.1, 0.15) is 0 Å². The number of nitrogens with one attached hydrogen (secondary N) is 2. The molecule has 0 bridgehead atoms. The van der Waals surface area contributed by atoms with E-state index in [0.717, 1.165) is 9.80 Å². The van der Waals surface area contributed by atoms with Gasteiger partial charge < -0.3 is 9.80 Å². The Morgan fingerprint density at radius 1 is 0.862 bits per heavy atom. The molecule has 0 amide bonds. The van der Waals surface area contributed by atoms with Gasteiger partial charge in [-0.05, 0) is 12.8 Å². The Hall–Kier alpha value is -2.47. The smallest absolute Gasteiger partial charge is 0.340 e. The van der Waals surface area contributed by atoms with Gasteiger partial charge in [0, 0.05) is 25.2 Å². The lowest BCUT2D eigenvalue weighted by Crippen LogP contribution is -3.05.